The molecule has 2 aliphatic rings. The molecule has 0 bridgehead atoms. The third kappa shape index (κ3) is 2.81. The Morgan fingerprint density at radius 3 is 2.71 bits per heavy atom. The minimum atomic E-state index is -0.203. The third-order valence-corrected chi connectivity index (χ3v) is 6.30. The fourth-order valence-electron chi connectivity index (χ4n) is 4.76. The molecule has 0 unspecified atom stereocenters. The Labute approximate surface area is 166 Å². The molecule has 0 saturated heterocycles. The minimum Gasteiger partial charge on any atom is -0.496 e. The van der Waals surface area contributed by atoms with Gasteiger partial charge in [0.25, 0.3) is 0 Å². The summed E-state index contributed by atoms with van der Waals surface area (Å²) in [6.45, 7) is 5.77. The fourth-order valence-corrected chi connectivity index (χ4v) is 4.76. The second-order valence-electron chi connectivity index (χ2n) is 7.99. The summed E-state index contributed by atoms with van der Waals surface area (Å²) in [5, 5.41) is 0. The zero-order chi connectivity index (χ0) is 19.9. The van der Waals surface area contributed by atoms with E-state index in [9.17, 15) is 4.79 Å². The molecule has 2 atom stereocenters. The number of rotatable bonds is 4. The molecule has 0 amide bonds. The van der Waals surface area contributed by atoms with Crippen LogP contribution in [0.15, 0.2) is 42.5 Å². The molecule has 0 saturated carbocycles. The van der Waals surface area contributed by atoms with E-state index in [1.54, 1.807) is 7.11 Å². The molecule has 28 heavy (non-hydrogen) atoms. The highest BCUT2D eigenvalue weighted by Gasteiger charge is 2.50. The van der Waals surface area contributed by atoms with Gasteiger partial charge in [0.2, 0.25) is 0 Å². The Morgan fingerprint density at radius 1 is 1.18 bits per heavy atom. The number of hydrogen-bond acceptors (Lipinski definition) is 5. The zero-order valence-corrected chi connectivity index (χ0v) is 16.9. The van der Waals surface area contributed by atoms with Gasteiger partial charge in [-0.1, -0.05) is 38.1 Å². The van der Waals surface area contributed by atoms with Gasteiger partial charge in [-0.05, 0) is 23.8 Å². The van der Waals surface area contributed by atoms with Gasteiger partial charge in [0.1, 0.15) is 11.5 Å². The Hall–Kier alpha value is -2.69. The van der Waals surface area contributed by atoms with Gasteiger partial charge in [0.05, 0.1) is 38.9 Å². The molecule has 0 fully saturated rings. The average Bonchev–Trinajstić information content (AvgIpc) is 2.72. The number of carbonyl (C=O) groups excluding carboxylic acids is 1. The molecule has 2 heterocycles. The zero-order valence-electron chi connectivity index (χ0n) is 16.9. The Morgan fingerprint density at radius 2 is 1.96 bits per heavy atom. The second kappa shape index (κ2) is 7.04. The van der Waals surface area contributed by atoms with Crippen LogP contribution in [0.2, 0.25) is 0 Å². The molecule has 0 aromatic heterocycles. The molecule has 5 nitrogen and oxygen atoms in total. The molecule has 0 N–H and O–H groups in total. The van der Waals surface area contributed by atoms with Crippen molar-refractivity contribution in [1.29, 1.82) is 0 Å². The number of benzene rings is 2. The number of carbonyl (C=O) groups is 1. The van der Waals surface area contributed by atoms with Crippen LogP contribution in [0, 0.1) is 5.92 Å². The highest BCUT2D eigenvalue weighted by Crippen LogP contribution is 2.56. The highest BCUT2D eigenvalue weighted by molar-refractivity contribution is 5.71. The van der Waals surface area contributed by atoms with Crippen molar-refractivity contribution in [2.24, 2.45) is 5.92 Å². The first-order valence-corrected chi connectivity index (χ1v) is 9.71. The number of nitrogens with zero attached hydrogens (tertiary/aromatic N) is 1. The molecule has 2 aliphatic heterocycles. The lowest BCUT2D eigenvalue weighted by Gasteiger charge is -2.53. The average molecular weight is 381 g/mol. The van der Waals surface area contributed by atoms with Crippen molar-refractivity contribution in [2.75, 3.05) is 32.3 Å². The van der Waals surface area contributed by atoms with Crippen LogP contribution in [-0.4, -0.2) is 33.3 Å². The quantitative estimate of drug-likeness (QED) is 0.746. The standard InChI is InChI=1S/C23H27NO4/c1-23(2)15-8-5-6-9-17(15)24(13-12-20(25)27-4)22-16(23)14-28-19-11-7-10-18(26-3)21(19)22/h5-11,16,22H,12-14H2,1-4H3/t16-,22-/m1/s1. The van der Waals surface area contributed by atoms with Crippen molar-refractivity contribution in [3.8, 4) is 11.5 Å². The first kappa shape index (κ1) is 18.7. The number of fused-ring (bicyclic) bond motifs is 4. The van der Waals surface area contributed by atoms with Crippen molar-refractivity contribution < 1.29 is 19.0 Å². The van der Waals surface area contributed by atoms with Crippen LogP contribution >= 0.6 is 0 Å². The van der Waals surface area contributed by atoms with Gasteiger partial charge in [-0.2, -0.15) is 0 Å². The first-order chi connectivity index (χ1) is 13.5. The summed E-state index contributed by atoms with van der Waals surface area (Å²) in [5.74, 6) is 1.71. The number of ether oxygens (including phenoxy) is 3. The monoisotopic (exact) mass is 381 g/mol. The van der Waals surface area contributed by atoms with E-state index in [0.29, 0.717) is 19.6 Å². The fraction of sp³-hybridized carbons (Fsp3) is 0.435. The summed E-state index contributed by atoms with van der Waals surface area (Å²) in [7, 11) is 3.13. The van der Waals surface area contributed by atoms with Gasteiger partial charge < -0.3 is 19.1 Å². The van der Waals surface area contributed by atoms with Crippen molar-refractivity contribution >= 4 is 11.7 Å². The lowest BCUT2D eigenvalue weighted by molar-refractivity contribution is -0.140. The van der Waals surface area contributed by atoms with Crippen molar-refractivity contribution in [1.82, 2.24) is 0 Å². The maximum Gasteiger partial charge on any atom is 0.307 e. The smallest absolute Gasteiger partial charge is 0.307 e. The van der Waals surface area contributed by atoms with Gasteiger partial charge >= 0.3 is 5.97 Å². The van der Waals surface area contributed by atoms with Crippen LogP contribution in [0.4, 0.5) is 5.69 Å². The Balaban J connectivity index is 1.89. The van der Waals surface area contributed by atoms with Crippen LogP contribution in [0.3, 0.4) is 0 Å². The van der Waals surface area contributed by atoms with Crippen LogP contribution in [0.5, 0.6) is 11.5 Å². The van der Waals surface area contributed by atoms with E-state index >= 15 is 0 Å². The summed E-state index contributed by atoms with van der Waals surface area (Å²) < 4.78 is 16.8. The van der Waals surface area contributed by atoms with Crippen molar-refractivity contribution in [3.05, 3.63) is 53.6 Å². The van der Waals surface area contributed by atoms with E-state index in [4.69, 9.17) is 14.2 Å². The van der Waals surface area contributed by atoms with Gasteiger partial charge in [-0.15, -0.1) is 0 Å². The van der Waals surface area contributed by atoms with Gasteiger partial charge in [0, 0.05) is 23.6 Å². The number of anilines is 1. The highest BCUT2D eigenvalue weighted by atomic mass is 16.5. The molecular formula is C23H27NO4. The normalized spacial score (nSPS) is 21.6. The van der Waals surface area contributed by atoms with Crippen molar-refractivity contribution in [3.63, 3.8) is 0 Å². The van der Waals surface area contributed by atoms with Crippen LogP contribution in [0.25, 0.3) is 0 Å². The number of methoxy groups -OCH3 is 2. The molecular weight excluding hydrogens is 354 g/mol. The van der Waals surface area contributed by atoms with E-state index in [-0.39, 0.29) is 23.3 Å². The largest absolute Gasteiger partial charge is 0.496 e. The predicted molar refractivity (Wildman–Crippen MR) is 108 cm³/mol. The van der Waals surface area contributed by atoms with Crippen molar-refractivity contribution in [2.45, 2.75) is 31.7 Å². The predicted octanol–water partition coefficient (Wildman–Crippen LogP) is 4.11. The Bertz CT molecular complexity index is 878. The summed E-state index contributed by atoms with van der Waals surface area (Å²) in [6.07, 6.45) is 0.333. The van der Waals surface area contributed by atoms with E-state index in [2.05, 4.69) is 43.0 Å². The SMILES string of the molecule is COC(=O)CCN1c2ccccc2C(C)(C)[C@@H]2COc3cccc(OC)c3[C@@H]21. The minimum absolute atomic E-state index is 0.0643. The molecule has 0 radical (unpaired) electrons. The molecule has 0 aliphatic carbocycles. The Kier molecular flexibility index (Phi) is 4.69. The van der Waals surface area contributed by atoms with Gasteiger partial charge in [-0.25, -0.2) is 0 Å². The summed E-state index contributed by atoms with van der Waals surface area (Å²) >= 11 is 0. The van der Waals surface area contributed by atoms with Crippen LogP contribution in [0.1, 0.15) is 37.4 Å². The summed E-state index contributed by atoms with van der Waals surface area (Å²) in [4.78, 5) is 14.3. The third-order valence-electron chi connectivity index (χ3n) is 6.30. The van der Waals surface area contributed by atoms with Crippen LogP contribution < -0.4 is 14.4 Å². The van der Waals surface area contributed by atoms with Gasteiger partial charge in [0.15, 0.2) is 0 Å². The summed E-state index contributed by atoms with van der Waals surface area (Å²) in [6, 6.07) is 14.5. The van der Waals surface area contributed by atoms with E-state index in [1.807, 2.05) is 18.2 Å². The van der Waals surface area contributed by atoms with E-state index in [0.717, 1.165) is 22.7 Å². The maximum atomic E-state index is 11.9. The molecule has 4 rings (SSSR count). The molecule has 5 heteroatoms. The number of para-hydroxylation sites is 1. The lowest BCUT2D eigenvalue weighted by atomic mass is 9.64. The molecule has 2 aromatic carbocycles. The van der Waals surface area contributed by atoms with E-state index in [1.165, 1.54) is 12.7 Å². The second-order valence-corrected chi connectivity index (χ2v) is 7.99. The molecule has 148 valence electrons. The summed E-state index contributed by atoms with van der Waals surface area (Å²) in [5.41, 5.74) is 3.43. The molecule has 0 spiro atoms. The first-order valence-electron chi connectivity index (χ1n) is 9.71. The maximum absolute atomic E-state index is 11.9. The lowest BCUT2D eigenvalue weighted by Crippen LogP contribution is -2.52. The number of hydrogen-bond donors (Lipinski definition) is 0. The van der Waals surface area contributed by atoms with Crippen LogP contribution in [-0.2, 0) is 14.9 Å². The molecule has 2 aromatic rings. The van der Waals surface area contributed by atoms with E-state index < -0.39 is 0 Å². The number of esters is 1. The van der Waals surface area contributed by atoms with Gasteiger partial charge in [-0.3, -0.25) is 4.79 Å². The topological polar surface area (TPSA) is 48.0 Å².